The van der Waals surface area contributed by atoms with Crippen LogP contribution in [0.4, 0.5) is 0 Å². The Labute approximate surface area is 159 Å². The van der Waals surface area contributed by atoms with Crippen LogP contribution in [-0.4, -0.2) is 29.4 Å². The quantitative estimate of drug-likeness (QED) is 0.290. The van der Waals surface area contributed by atoms with Gasteiger partial charge in [0.15, 0.2) is 0 Å². The number of rotatable bonds is 14. The van der Waals surface area contributed by atoms with Gasteiger partial charge in [-0.1, -0.05) is 65.2 Å². The average molecular weight is 344 g/mol. The molecular formula is C16H33NaO4S. The van der Waals surface area contributed by atoms with E-state index in [-0.39, 0.29) is 36.0 Å². The molecule has 0 aromatic heterocycles. The Morgan fingerprint density at radius 1 is 0.864 bits per heavy atom. The molecular weight excluding hydrogens is 311 g/mol. The first-order valence-electron chi connectivity index (χ1n) is 8.54. The SMILES string of the molecule is CCCCCCCCCCC(O)CCC(CC)S(=O)(=O)[O-].[Na+]. The van der Waals surface area contributed by atoms with Crippen molar-refractivity contribution in [2.24, 2.45) is 0 Å². The monoisotopic (exact) mass is 344 g/mol. The molecule has 2 atom stereocenters. The fourth-order valence-electron chi connectivity index (χ4n) is 2.59. The van der Waals surface area contributed by atoms with Gasteiger partial charge in [-0.3, -0.25) is 0 Å². The number of aliphatic hydroxyl groups excluding tert-OH is 1. The molecule has 4 nitrogen and oxygen atoms in total. The van der Waals surface area contributed by atoms with Gasteiger partial charge in [0.2, 0.25) is 0 Å². The number of hydrogen-bond acceptors (Lipinski definition) is 4. The maximum absolute atomic E-state index is 10.9. The van der Waals surface area contributed by atoms with Gasteiger partial charge in [0.25, 0.3) is 0 Å². The van der Waals surface area contributed by atoms with Gasteiger partial charge in [-0.25, -0.2) is 8.42 Å². The third-order valence-electron chi connectivity index (χ3n) is 4.08. The second-order valence-corrected chi connectivity index (χ2v) is 7.67. The van der Waals surface area contributed by atoms with Crippen molar-refractivity contribution in [2.45, 2.75) is 102 Å². The van der Waals surface area contributed by atoms with E-state index in [2.05, 4.69) is 6.92 Å². The maximum Gasteiger partial charge on any atom is 1.00 e. The first kappa shape index (κ1) is 25.1. The van der Waals surface area contributed by atoms with Crippen molar-refractivity contribution in [1.29, 1.82) is 0 Å². The molecule has 0 fully saturated rings. The summed E-state index contributed by atoms with van der Waals surface area (Å²) in [6.45, 7) is 3.91. The first-order valence-corrected chi connectivity index (χ1v) is 10.0. The van der Waals surface area contributed by atoms with E-state index < -0.39 is 21.5 Å². The number of hydrogen-bond donors (Lipinski definition) is 1. The molecule has 0 aliphatic rings. The maximum atomic E-state index is 10.9. The molecule has 128 valence electrons. The Bertz CT molecular complexity index is 333. The molecule has 0 saturated carbocycles. The fraction of sp³-hybridized carbons (Fsp3) is 1.00. The van der Waals surface area contributed by atoms with Crippen LogP contribution in [-0.2, 0) is 10.1 Å². The molecule has 0 heterocycles. The molecule has 6 heteroatoms. The van der Waals surface area contributed by atoms with Crippen LogP contribution in [0.3, 0.4) is 0 Å². The van der Waals surface area contributed by atoms with Gasteiger partial charge in [0.05, 0.1) is 16.2 Å². The van der Waals surface area contributed by atoms with Crippen LogP contribution in [0.15, 0.2) is 0 Å². The van der Waals surface area contributed by atoms with Crippen LogP contribution >= 0.6 is 0 Å². The second-order valence-electron chi connectivity index (χ2n) is 6.02. The summed E-state index contributed by atoms with van der Waals surface area (Å²) in [6.07, 6.45) is 11.1. The predicted molar refractivity (Wildman–Crippen MR) is 86.2 cm³/mol. The summed E-state index contributed by atoms with van der Waals surface area (Å²) in [4.78, 5) is 0. The van der Waals surface area contributed by atoms with Crippen LogP contribution in [0.25, 0.3) is 0 Å². The van der Waals surface area contributed by atoms with E-state index >= 15 is 0 Å². The normalized spacial score (nSPS) is 14.4. The van der Waals surface area contributed by atoms with Gasteiger partial charge in [-0.15, -0.1) is 0 Å². The standard InChI is InChI=1S/C16H34O4S.Na/c1-3-5-6-7-8-9-10-11-12-15(17)13-14-16(4-2)21(18,19)20;/h15-17H,3-14H2,1-2H3,(H,18,19,20);/q;+1/p-1. The Hall–Kier alpha value is 0.870. The van der Waals surface area contributed by atoms with Crippen LogP contribution in [0.5, 0.6) is 0 Å². The molecule has 0 saturated heterocycles. The molecule has 0 aromatic carbocycles. The van der Waals surface area contributed by atoms with Gasteiger partial charge in [0, 0.05) is 5.25 Å². The first-order chi connectivity index (χ1) is 9.91. The summed E-state index contributed by atoms with van der Waals surface area (Å²) < 4.78 is 32.8. The fourth-order valence-corrected chi connectivity index (χ4v) is 3.42. The smallest absolute Gasteiger partial charge is 0.748 e. The molecule has 0 aliphatic carbocycles. The molecule has 0 aliphatic heterocycles. The summed E-state index contributed by atoms with van der Waals surface area (Å²) >= 11 is 0. The van der Waals surface area contributed by atoms with Crippen LogP contribution < -0.4 is 29.6 Å². The van der Waals surface area contributed by atoms with Crippen molar-refractivity contribution in [3.8, 4) is 0 Å². The van der Waals surface area contributed by atoms with Gasteiger partial charge in [-0.05, 0) is 25.7 Å². The summed E-state index contributed by atoms with van der Waals surface area (Å²) in [5.74, 6) is 0. The van der Waals surface area contributed by atoms with Crippen LogP contribution in [0.1, 0.15) is 90.9 Å². The summed E-state index contributed by atoms with van der Waals surface area (Å²) in [5, 5.41) is 8.99. The third kappa shape index (κ3) is 14.5. The Morgan fingerprint density at radius 3 is 1.82 bits per heavy atom. The van der Waals surface area contributed by atoms with Crippen LogP contribution in [0.2, 0.25) is 0 Å². The van der Waals surface area contributed by atoms with E-state index in [1.54, 1.807) is 6.92 Å². The van der Waals surface area contributed by atoms with E-state index in [0.717, 1.165) is 12.8 Å². The molecule has 0 aromatic rings. The van der Waals surface area contributed by atoms with Crippen molar-refractivity contribution in [3.63, 3.8) is 0 Å². The minimum Gasteiger partial charge on any atom is -0.748 e. The summed E-state index contributed by atoms with van der Waals surface area (Å²) in [5.41, 5.74) is 0. The minimum atomic E-state index is -4.21. The predicted octanol–water partition coefficient (Wildman–Crippen LogP) is 0.986. The van der Waals surface area contributed by atoms with Gasteiger partial charge < -0.3 is 9.66 Å². The van der Waals surface area contributed by atoms with Crippen molar-refractivity contribution in [3.05, 3.63) is 0 Å². The van der Waals surface area contributed by atoms with Crippen LogP contribution in [0, 0.1) is 0 Å². The number of aliphatic hydroxyl groups is 1. The van der Waals surface area contributed by atoms with Gasteiger partial charge in [0.1, 0.15) is 0 Å². The average Bonchev–Trinajstić information content (AvgIpc) is 2.41. The molecule has 0 rings (SSSR count). The van der Waals surface area contributed by atoms with E-state index in [4.69, 9.17) is 0 Å². The summed E-state index contributed by atoms with van der Waals surface area (Å²) in [7, 11) is -4.21. The van der Waals surface area contributed by atoms with Gasteiger partial charge in [-0.2, -0.15) is 0 Å². The molecule has 0 amide bonds. The van der Waals surface area contributed by atoms with E-state index in [1.165, 1.54) is 38.5 Å². The third-order valence-corrected chi connectivity index (χ3v) is 5.46. The number of unbranched alkanes of at least 4 members (excludes halogenated alkanes) is 7. The molecule has 0 radical (unpaired) electrons. The Balaban J connectivity index is 0. The minimum absolute atomic E-state index is 0. The zero-order chi connectivity index (χ0) is 16.1. The molecule has 22 heavy (non-hydrogen) atoms. The topological polar surface area (TPSA) is 77.4 Å². The second kappa shape index (κ2) is 15.4. The van der Waals surface area contributed by atoms with Gasteiger partial charge >= 0.3 is 29.6 Å². The Kier molecular flexibility index (Phi) is 17.6. The van der Waals surface area contributed by atoms with E-state index in [0.29, 0.717) is 19.3 Å². The Morgan fingerprint density at radius 2 is 1.36 bits per heavy atom. The zero-order valence-corrected chi connectivity index (χ0v) is 17.5. The summed E-state index contributed by atoms with van der Waals surface area (Å²) in [6, 6.07) is 0. The molecule has 0 spiro atoms. The van der Waals surface area contributed by atoms with Crippen molar-refractivity contribution < 1.29 is 47.6 Å². The molecule has 1 N–H and O–H groups in total. The van der Waals surface area contributed by atoms with E-state index in [9.17, 15) is 18.1 Å². The molecule has 0 bridgehead atoms. The van der Waals surface area contributed by atoms with Crippen molar-refractivity contribution in [2.75, 3.05) is 0 Å². The van der Waals surface area contributed by atoms with Crippen molar-refractivity contribution in [1.82, 2.24) is 0 Å². The largest absolute Gasteiger partial charge is 1.00 e. The van der Waals surface area contributed by atoms with Crippen molar-refractivity contribution >= 4 is 10.1 Å². The zero-order valence-electron chi connectivity index (χ0n) is 14.7. The molecule has 2 unspecified atom stereocenters. The van der Waals surface area contributed by atoms with E-state index in [1.807, 2.05) is 0 Å².